The summed E-state index contributed by atoms with van der Waals surface area (Å²) in [6.07, 6.45) is 2.64. The number of nitrogens with one attached hydrogen (secondary N) is 1. The third-order valence-electron chi connectivity index (χ3n) is 2.04. The Morgan fingerprint density at radius 1 is 1.44 bits per heavy atom. The van der Waals surface area contributed by atoms with Gasteiger partial charge in [-0.1, -0.05) is 11.6 Å². The molecular weight excluding hydrogens is 263 g/mol. The minimum absolute atomic E-state index is 0.00558. The van der Waals surface area contributed by atoms with Crippen LogP contribution in [0, 0.1) is 15.9 Å². The molecule has 0 aromatic carbocycles. The van der Waals surface area contributed by atoms with Crippen molar-refractivity contribution in [1.29, 1.82) is 0 Å². The molecule has 0 radical (unpaired) electrons. The van der Waals surface area contributed by atoms with Crippen molar-refractivity contribution < 1.29 is 9.31 Å². The first kappa shape index (κ1) is 12.2. The topological polar surface area (TPSA) is 81.0 Å². The third-order valence-corrected chi connectivity index (χ3v) is 2.32. The molecule has 2 heterocycles. The molecule has 0 unspecified atom stereocenters. The molecule has 0 bridgehead atoms. The molecule has 0 spiro atoms. The lowest BCUT2D eigenvalue weighted by atomic mass is 10.3. The Morgan fingerprint density at radius 3 is 2.89 bits per heavy atom. The van der Waals surface area contributed by atoms with Crippen LogP contribution < -0.4 is 5.32 Å². The SMILES string of the molecule is O=[N+]([O-])c1cccnc1Nc1cnc(Cl)c(F)c1. The fourth-order valence-corrected chi connectivity index (χ4v) is 1.37. The van der Waals surface area contributed by atoms with Crippen LogP contribution in [0.3, 0.4) is 0 Å². The van der Waals surface area contributed by atoms with E-state index in [-0.39, 0.29) is 22.3 Å². The number of nitro groups is 1. The monoisotopic (exact) mass is 268 g/mol. The minimum Gasteiger partial charge on any atom is -0.333 e. The van der Waals surface area contributed by atoms with E-state index in [9.17, 15) is 14.5 Å². The smallest absolute Gasteiger partial charge is 0.311 e. The van der Waals surface area contributed by atoms with Crippen LogP contribution in [0.4, 0.5) is 21.6 Å². The number of hydrogen-bond acceptors (Lipinski definition) is 5. The molecule has 2 aromatic rings. The zero-order valence-electron chi connectivity index (χ0n) is 8.80. The van der Waals surface area contributed by atoms with Crippen molar-refractivity contribution in [1.82, 2.24) is 9.97 Å². The lowest BCUT2D eigenvalue weighted by Gasteiger charge is -2.05. The van der Waals surface area contributed by atoms with Gasteiger partial charge in [-0.25, -0.2) is 14.4 Å². The van der Waals surface area contributed by atoms with Gasteiger partial charge in [0.15, 0.2) is 11.0 Å². The molecule has 18 heavy (non-hydrogen) atoms. The van der Waals surface area contributed by atoms with Crippen molar-refractivity contribution in [2.75, 3.05) is 5.32 Å². The van der Waals surface area contributed by atoms with Crippen LogP contribution in [0.15, 0.2) is 30.6 Å². The van der Waals surface area contributed by atoms with E-state index in [0.717, 1.165) is 6.07 Å². The Hall–Kier alpha value is -2.28. The predicted molar refractivity (Wildman–Crippen MR) is 63.4 cm³/mol. The number of nitrogens with zero attached hydrogens (tertiary/aromatic N) is 3. The van der Waals surface area contributed by atoms with Crippen LogP contribution in [0.1, 0.15) is 0 Å². The van der Waals surface area contributed by atoms with Crippen LogP contribution in [0.25, 0.3) is 0 Å². The lowest BCUT2D eigenvalue weighted by Crippen LogP contribution is -2.00. The van der Waals surface area contributed by atoms with Crippen molar-refractivity contribution in [2.24, 2.45) is 0 Å². The molecule has 0 saturated heterocycles. The fourth-order valence-electron chi connectivity index (χ4n) is 1.27. The van der Waals surface area contributed by atoms with E-state index in [1.165, 1.54) is 24.5 Å². The van der Waals surface area contributed by atoms with Crippen molar-refractivity contribution in [3.8, 4) is 0 Å². The third kappa shape index (κ3) is 2.51. The second-order valence-corrected chi connectivity index (χ2v) is 3.61. The highest BCUT2D eigenvalue weighted by Gasteiger charge is 2.14. The number of aromatic nitrogens is 2. The van der Waals surface area contributed by atoms with E-state index in [1.807, 2.05) is 0 Å². The zero-order valence-corrected chi connectivity index (χ0v) is 9.56. The molecule has 0 aliphatic heterocycles. The number of halogens is 2. The first-order chi connectivity index (χ1) is 8.58. The maximum absolute atomic E-state index is 13.2. The summed E-state index contributed by atoms with van der Waals surface area (Å²) >= 11 is 5.43. The number of hydrogen-bond donors (Lipinski definition) is 1. The normalized spacial score (nSPS) is 10.1. The second kappa shape index (κ2) is 4.92. The summed E-state index contributed by atoms with van der Waals surface area (Å²) in [6, 6.07) is 3.80. The maximum Gasteiger partial charge on any atom is 0.311 e. The average Bonchev–Trinajstić information content (AvgIpc) is 2.34. The quantitative estimate of drug-likeness (QED) is 0.526. The lowest BCUT2D eigenvalue weighted by molar-refractivity contribution is -0.384. The van der Waals surface area contributed by atoms with Crippen molar-refractivity contribution in [2.45, 2.75) is 0 Å². The fraction of sp³-hybridized carbons (Fsp3) is 0. The van der Waals surface area contributed by atoms with Gasteiger partial charge in [-0.3, -0.25) is 10.1 Å². The molecule has 1 N–H and O–H groups in total. The molecule has 2 aromatic heterocycles. The first-order valence-electron chi connectivity index (χ1n) is 4.75. The standard InChI is InChI=1S/C10H6ClFN4O2/c11-9-7(12)4-6(5-14-9)15-10-8(16(17)18)2-1-3-13-10/h1-5H,(H,13,15). The number of anilines is 2. The molecule has 0 aliphatic rings. The van der Waals surface area contributed by atoms with Gasteiger partial charge in [-0.15, -0.1) is 0 Å². The van der Waals surface area contributed by atoms with Gasteiger partial charge in [-0.05, 0) is 6.07 Å². The largest absolute Gasteiger partial charge is 0.333 e. The highest BCUT2D eigenvalue weighted by Crippen LogP contribution is 2.25. The Morgan fingerprint density at radius 2 is 2.22 bits per heavy atom. The van der Waals surface area contributed by atoms with Gasteiger partial charge in [0, 0.05) is 18.3 Å². The van der Waals surface area contributed by atoms with Crippen LogP contribution in [-0.4, -0.2) is 14.9 Å². The summed E-state index contributed by atoms with van der Waals surface area (Å²) in [5, 5.41) is 13.1. The first-order valence-corrected chi connectivity index (χ1v) is 5.13. The average molecular weight is 269 g/mol. The van der Waals surface area contributed by atoms with Gasteiger partial charge in [0.05, 0.1) is 16.8 Å². The molecule has 2 rings (SSSR count). The molecule has 6 nitrogen and oxygen atoms in total. The molecule has 0 saturated carbocycles. The minimum atomic E-state index is -0.722. The molecule has 0 amide bonds. The van der Waals surface area contributed by atoms with E-state index in [1.54, 1.807) is 0 Å². The van der Waals surface area contributed by atoms with Crippen LogP contribution in [0.5, 0.6) is 0 Å². The molecule has 0 aliphatic carbocycles. The van der Waals surface area contributed by atoms with Crippen LogP contribution in [0.2, 0.25) is 5.15 Å². The van der Waals surface area contributed by atoms with E-state index in [0.29, 0.717) is 0 Å². The van der Waals surface area contributed by atoms with Crippen LogP contribution >= 0.6 is 11.6 Å². The van der Waals surface area contributed by atoms with Gasteiger partial charge in [0.25, 0.3) is 0 Å². The summed E-state index contributed by atoms with van der Waals surface area (Å²) < 4.78 is 13.2. The Labute approximate surface area is 106 Å². The van der Waals surface area contributed by atoms with Crippen molar-refractivity contribution >= 4 is 28.8 Å². The molecule has 0 fully saturated rings. The second-order valence-electron chi connectivity index (χ2n) is 3.25. The van der Waals surface area contributed by atoms with E-state index >= 15 is 0 Å². The summed E-state index contributed by atoms with van der Waals surface area (Å²) in [7, 11) is 0. The summed E-state index contributed by atoms with van der Waals surface area (Å²) in [6.45, 7) is 0. The molecule has 0 atom stereocenters. The van der Waals surface area contributed by atoms with E-state index in [2.05, 4.69) is 15.3 Å². The van der Waals surface area contributed by atoms with Crippen LogP contribution in [-0.2, 0) is 0 Å². The summed E-state index contributed by atoms with van der Waals surface area (Å²) in [4.78, 5) is 17.6. The number of rotatable bonds is 3. The molecule has 92 valence electrons. The van der Waals surface area contributed by atoms with Crippen molar-refractivity contribution in [3.63, 3.8) is 0 Å². The highest BCUT2D eigenvalue weighted by atomic mass is 35.5. The van der Waals surface area contributed by atoms with E-state index < -0.39 is 10.7 Å². The summed E-state index contributed by atoms with van der Waals surface area (Å²) in [5.41, 5.74) is 0.00607. The van der Waals surface area contributed by atoms with E-state index in [4.69, 9.17) is 11.6 Å². The van der Waals surface area contributed by atoms with Gasteiger partial charge >= 0.3 is 5.69 Å². The van der Waals surface area contributed by atoms with Gasteiger partial charge in [0.2, 0.25) is 5.82 Å². The van der Waals surface area contributed by atoms with Gasteiger partial charge in [0.1, 0.15) is 0 Å². The number of pyridine rings is 2. The molecule has 8 heteroatoms. The highest BCUT2D eigenvalue weighted by molar-refractivity contribution is 6.29. The Kier molecular flexibility index (Phi) is 3.33. The zero-order chi connectivity index (χ0) is 13.1. The Bertz CT molecular complexity index is 608. The Balaban J connectivity index is 2.34. The molecular formula is C10H6ClFN4O2. The maximum atomic E-state index is 13.2. The van der Waals surface area contributed by atoms with Gasteiger partial charge in [-0.2, -0.15) is 0 Å². The predicted octanol–water partition coefficient (Wildman–Crippen LogP) is 2.92. The van der Waals surface area contributed by atoms with Crippen molar-refractivity contribution in [3.05, 3.63) is 51.7 Å². The van der Waals surface area contributed by atoms with Gasteiger partial charge < -0.3 is 5.32 Å². The summed E-state index contributed by atoms with van der Waals surface area (Å²) in [5.74, 6) is -0.716.